The molecular weight excluding hydrogens is 232 g/mol. The van der Waals surface area contributed by atoms with Gasteiger partial charge in [0.2, 0.25) is 0 Å². The summed E-state index contributed by atoms with van der Waals surface area (Å²) < 4.78 is 8.16. The van der Waals surface area contributed by atoms with Crippen molar-refractivity contribution >= 4 is 11.0 Å². The topological polar surface area (TPSA) is 61.9 Å². The molecule has 0 saturated carbocycles. The largest absolute Gasteiger partial charge is 0.380 e. The van der Waals surface area contributed by atoms with E-state index in [-0.39, 0.29) is 5.56 Å². The van der Waals surface area contributed by atoms with E-state index in [9.17, 15) is 4.79 Å². The molecule has 6 heteroatoms. The summed E-state index contributed by atoms with van der Waals surface area (Å²) in [6.07, 6.45) is 5.05. The first kappa shape index (κ1) is 12.5. The van der Waals surface area contributed by atoms with E-state index in [1.807, 2.05) is 13.0 Å². The second-order valence-electron chi connectivity index (χ2n) is 4.19. The molecule has 18 heavy (non-hydrogen) atoms. The maximum absolute atomic E-state index is 12.1. The number of nitrogens with zero attached hydrogens (tertiary/aromatic N) is 4. The second-order valence-corrected chi connectivity index (χ2v) is 4.19. The Labute approximate surface area is 105 Å². The molecule has 0 atom stereocenters. The van der Waals surface area contributed by atoms with Gasteiger partial charge in [0.1, 0.15) is 11.7 Å². The molecule has 0 radical (unpaired) electrons. The number of hydrogen-bond acceptors (Lipinski definition) is 4. The molecule has 0 amide bonds. The van der Waals surface area contributed by atoms with Gasteiger partial charge in [-0.15, -0.1) is 0 Å². The van der Waals surface area contributed by atoms with Crippen molar-refractivity contribution in [2.75, 3.05) is 13.7 Å². The van der Waals surface area contributed by atoms with Crippen molar-refractivity contribution in [3.63, 3.8) is 0 Å². The lowest BCUT2D eigenvalue weighted by Crippen LogP contribution is -2.20. The molecule has 0 aromatic carbocycles. The average molecular weight is 248 g/mol. The van der Waals surface area contributed by atoms with E-state index < -0.39 is 0 Å². The van der Waals surface area contributed by atoms with E-state index in [0.717, 1.165) is 5.57 Å². The summed E-state index contributed by atoms with van der Waals surface area (Å²) in [5, 5.41) is 4.57. The first-order valence-electron chi connectivity index (χ1n) is 5.65. The highest BCUT2D eigenvalue weighted by molar-refractivity contribution is 5.72. The average Bonchev–Trinajstić information content (AvgIpc) is 2.72. The van der Waals surface area contributed by atoms with Crippen LogP contribution in [0.25, 0.3) is 11.0 Å². The van der Waals surface area contributed by atoms with Gasteiger partial charge < -0.3 is 4.74 Å². The molecule has 0 fully saturated rings. The van der Waals surface area contributed by atoms with E-state index in [4.69, 9.17) is 4.74 Å². The monoisotopic (exact) mass is 248 g/mol. The summed E-state index contributed by atoms with van der Waals surface area (Å²) in [7, 11) is 3.41. The van der Waals surface area contributed by atoms with Crippen molar-refractivity contribution in [3.05, 3.63) is 34.5 Å². The minimum atomic E-state index is -0.0745. The highest BCUT2D eigenvalue weighted by Gasteiger charge is 2.06. The Morgan fingerprint density at radius 3 is 3.06 bits per heavy atom. The molecule has 0 spiro atoms. The van der Waals surface area contributed by atoms with Gasteiger partial charge in [-0.05, 0) is 6.92 Å². The van der Waals surface area contributed by atoms with Gasteiger partial charge in [-0.2, -0.15) is 5.10 Å². The van der Waals surface area contributed by atoms with Gasteiger partial charge in [-0.3, -0.25) is 14.0 Å². The molecule has 0 bridgehead atoms. The van der Waals surface area contributed by atoms with Crippen LogP contribution in [0.2, 0.25) is 0 Å². The molecule has 2 heterocycles. The first-order chi connectivity index (χ1) is 8.63. The number of aryl methyl sites for hydroxylation is 1. The van der Waals surface area contributed by atoms with E-state index in [2.05, 4.69) is 10.1 Å². The third-order valence-corrected chi connectivity index (χ3v) is 2.73. The smallest absolute Gasteiger partial charge is 0.264 e. The van der Waals surface area contributed by atoms with Gasteiger partial charge in [-0.1, -0.05) is 11.6 Å². The first-order valence-corrected chi connectivity index (χ1v) is 5.65. The van der Waals surface area contributed by atoms with Gasteiger partial charge in [0, 0.05) is 20.7 Å². The fourth-order valence-electron chi connectivity index (χ4n) is 1.74. The normalized spacial score (nSPS) is 12.3. The quantitative estimate of drug-likeness (QED) is 0.748. The van der Waals surface area contributed by atoms with Crippen LogP contribution in [0.4, 0.5) is 0 Å². The Morgan fingerprint density at radius 1 is 1.56 bits per heavy atom. The van der Waals surface area contributed by atoms with Crippen molar-refractivity contribution in [1.29, 1.82) is 0 Å². The molecule has 0 aliphatic heterocycles. The Morgan fingerprint density at radius 2 is 2.33 bits per heavy atom. The maximum Gasteiger partial charge on any atom is 0.264 e. The van der Waals surface area contributed by atoms with E-state index in [1.165, 1.54) is 0 Å². The zero-order valence-electron chi connectivity index (χ0n) is 10.8. The molecule has 2 aromatic rings. The molecule has 2 rings (SSSR count). The lowest BCUT2D eigenvalue weighted by atomic mass is 10.3. The molecule has 0 aliphatic carbocycles. The van der Waals surface area contributed by atoms with Gasteiger partial charge >= 0.3 is 0 Å². The summed E-state index contributed by atoms with van der Waals surface area (Å²) in [6, 6.07) is 0. The van der Waals surface area contributed by atoms with Crippen LogP contribution >= 0.6 is 0 Å². The Kier molecular flexibility index (Phi) is 3.57. The summed E-state index contributed by atoms with van der Waals surface area (Å²) >= 11 is 0. The molecule has 0 saturated heterocycles. The molecule has 96 valence electrons. The van der Waals surface area contributed by atoms with Crippen LogP contribution in [-0.2, 0) is 18.3 Å². The Hall–Kier alpha value is -1.95. The number of allylic oxidation sites excluding steroid dienone is 1. The minimum absolute atomic E-state index is 0.0745. The number of aromatic nitrogens is 4. The lowest BCUT2D eigenvalue weighted by molar-refractivity contribution is 0.225. The maximum atomic E-state index is 12.1. The van der Waals surface area contributed by atoms with E-state index >= 15 is 0 Å². The zero-order chi connectivity index (χ0) is 13.1. The van der Waals surface area contributed by atoms with Crippen molar-refractivity contribution in [2.24, 2.45) is 7.05 Å². The Balaban J connectivity index is 2.33. The minimum Gasteiger partial charge on any atom is -0.380 e. The number of methoxy groups -OCH3 is 1. The van der Waals surface area contributed by atoms with Crippen molar-refractivity contribution < 1.29 is 4.74 Å². The third-order valence-electron chi connectivity index (χ3n) is 2.73. The van der Waals surface area contributed by atoms with E-state index in [0.29, 0.717) is 24.2 Å². The molecule has 6 nitrogen and oxygen atoms in total. The third kappa shape index (κ3) is 2.33. The molecule has 0 N–H and O–H groups in total. The predicted molar refractivity (Wildman–Crippen MR) is 68.4 cm³/mol. The van der Waals surface area contributed by atoms with Crippen LogP contribution in [0.5, 0.6) is 0 Å². The van der Waals surface area contributed by atoms with Crippen molar-refractivity contribution in [1.82, 2.24) is 19.3 Å². The summed E-state index contributed by atoms with van der Waals surface area (Å²) in [6.45, 7) is 3.02. The molecule has 2 aromatic heterocycles. The number of ether oxygens (including phenoxy) is 1. The molecule has 0 aliphatic rings. The Bertz CT molecular complexity index is 639. The summed E-state index contributed by atoms with van der Waals surface area (Å²) in [5.74, 6) is 0. The van der Waals surface area contributed by atoms with Gasteiger partial charge in [0.05, 0.1) is 12.8 Å². The van der Waals surface area contributed by atoms with Gasteiger partial charge in [0.15, 0.2) is 5.65 Å². The lowest BCUT2D eigenvalue weighted by Gasteiger charge is -2.03. The number of hydrogen-bond donors (Lipinski definition) is 0. The standard InChI is InChI=1S/C12H16N4O2/c1-9(7-18-3)4-5-16-8-13-11-10(12(16)17)6-14-15(11)2/h4,6,8H,5,7H2,1-3H3/b9-4+. The summed E-state index contributed by atoms with van der Waals surface area (Å²) in [4.78, 5) is 16.3. The van der Waals surface area contributed by atoms with Crippen LogP contribution < -0.4 is 5.56 Å². The van der Waals surface area contributed by atoms with Gasteiger partial charge in [0.25, 0.3) is 5.56 Å². The molecule has 0 unspecified atom stereocenters. The highest BCUT2D eigenvalue weighted by Crippen LogP contribution is 2.03. The fourth-order valence-corrected chi connectivity index (χ4v) is 1.74. The molecular formula is C12H16N4O2. The highest BCUT2D eigenvalue weighted by atomic mass is 16.5. The van der Waals surface area contributed by atoms with Crippen LogP contribution in [0, 0.1) is 0 Å². The second kappa shape index (κ2) is 5.14. The summed E-state index contributed by atoms with van der Waals surface area (Å²) in [5.41, 5.74) is 1.61. The van der Waals surface area contributed by atoms with Crippen LogP contribution in [-0.4, -0.2) is 33.0 Å². The van der Waals surface area contributed by atoms with Crippen LogP contribution in [0.15, 0.2) is 29.0 Å². The van der Waals surface area contributed by atoms with Crippen molar-refractivity contribution in [3.8, 4) is 0 Å². The zero-order valence-corrected chi connectivity index (χ0v) is 10.8. The van der Waals surface area contributed by atoms with Crippen LogP contribution in [0.1, 0.15) is 6.92 Å². The number of rotatable bonds is 4. The van der Waals surface area contributed by atoms with Gasteiger partial charge in [-0.25, -0.2) is 4.98 Å². The SMILES string of the molecule is COC/C(C)=C/Cn1cnc2c(cnn2C)c1=O. The predicted octanol–water partition coefficient (Wildman–Crippen LogP) is 0.723. The number of fused-ring (bicyclic) bond motifs is 1. The van der Waals surface area contributed by atoms with Crippen molar-refractivity contribution in [2.45, 2.75) is 13.5 Å². The van der Waals surface area contributed by atoms with E-state index in [1.54, 1.807) is 35.9 Å². The van der Waals surface area contributed by atoms with Crippen LogP contribution in [0.3, 0.4) is 0 Å². The fraction of sp³-hybridized carbons (Fsp3) is 0.417.